The first-order chi connectivity index (χ1) is 8.91. The van der Waals surface area contributed by atoms with Gasteiger partial charge in [0.2, 0.25) is 0 Å². The number of carbonyl (C=O) groups is 1. The van der Waals surface area contributed by atoms with Gasteiger partial charge in [-0.1, -0.05) is 0 Å². The second-order valence-corrected chi connectivity index (χ2v) is 5.18. The zero-order valence-electron chi connectivity index (χ0n) is 11.9. The number of aryl methyl sites for hydroxylation is 1. The van der Waals surface area contributed by atoms with Crippen molar-refractivity contribution in [1.82, 2.24) is 0 Å². The Hall–Kier alpha value is -1.55. The molecule has 1 heterocycles. The van der Waals surface area contributed by atoms with Gasteiger partial charge in [-0.05, 0) is 49.1 Å². The molecule has 1 aromatic carbocycles. The summed E-state index contributed by atoms with van der Waals surface area (Å²) in [6.45, 7) is 6.60. The first kappa shape index (κ1) is 13.9. The Morgan fingerprint density at radius 2 is 2.05 bits per heavy atom. The van der Waals surface area contributed by atoms with Gasteiger partial charge in [-0.3, -0.25) is 4.79 Å². The highest BCUT2D eigenvalue weighted by molar-refractivity contribution is 5.69. The van der Waals surface area contributed by atoms with Crippen LogP contribution in [0.5, 0.6) is 5.75 Å². The third kappa shape index (κ3) is 2.21. The fourth-order valence-electron chi connectivity index (χ4n) is 2.98. The van der Waals surface area contributed by atoms with Gasteiger partial charge in [-0.2, -0.15) is 0 Å². The number of hydrogen-bond donors (Lipinski definition) is 1. The van der Waals surface area contributed by atoms with Crippen molar-refractivity contribution >= 4 is 5.97 Å². The van der Waals surface area contributed by atoms with E-state index in [1.807, 2.05) is 26.8 Å². The van der Waals surface area contributed by atoms with Crippen LogP contribution in [0.3, 0.4) is 0 Å². The molecule has 0 saturated carbocycles. The quantitative estimate of drug-likeness (QED) is 0.908. The number of hydrogen-bond acceptors (Lipinski definition) is 3. The molecule has 1 saturated heterocycles. The van der Waals surface area contributed by atoms with E-state index in [-0.39, 0.29) is 6.42 Å². The zero-order valence-corrected chi connectivity index (χ0v) is 11.9. The number of benzene rings is 1. The van der Waals surface area contributed by atoms with Crippen LogP contribution in [0.25, 0.3) is 0 Å². The summed E-state index contributed by atoms with van der Waals surface area (Å²) in [6, 6.07) is 1.96. The monoisotopic (exact) mass is 264 g/mol. The Morgan fingerprint density at radius 1 is 1.42 bits per heavy atom. The maximum absolute atomic E-state index is 11.1. The standard InChI is InChI=1S/C15H20O4/c1-9-7-12(18-4)10(2)11(3)14(9)15(5-6-19-15)8-13(16)17/h7H,5-6,8H2,1-4H3,(H,16,17). The van der Waals surface area contributed by atoms with Gasteiger partial charge in [0.1, 0.15) is 11.4 Å². The molecule has 1 aliphatic rings. The molecule has 0 aliphatic carbocycles. The molecule has 1 unspecified atom stereocenters. The minimum Gasteiger partial charge on any atom is -0.496 e. The summed E-state index contributed by atoms with van der Waals surface area (Å²) in [5.41, 5.74) is 3.50. The molecule has 0 aromatic heterocycles. The topological polar surface area (TPSA) is 55.8 Å². The molecule has 0 spiro atoms. The van der Waals surface area contributed by atoms with Crippen molar-refractivity contribution in [2.75, 3.05) is 13.7 Å². The summed E-state index contributed by atoms with van der Waals surface area (Å²) in [5, 5.41) is 9.12. The summed E-state index contributed by atoms with van der Waals surface area (Å²) in [4.78, 5) is 11.1. The lowest BCUT2D eigenvalue weighted by Gasteiger charge is -2.43. The number of carboxylic acids is 1. The second kappa shape index (κ2) is 4.85. The molecule has 1 aliphatic heterocycles. The Morgan fingerprint density at radius 3 is 2.47 bits per heavy atom. The van der Waals surface area contributed by atoms with Gasteiger partial charge >= 0.3 is 5.97 Å². The molecule has 1 fully saturated rings. The molecule has 0 bridgehead atoms. The number of aliphatic carboxylic acids is 1. The van der Waals surface area contributed by atoms with E-state index in [0.29, 0.717) is 6.61 Å². The van der Waals surface area contributed by atoms with E-state index in [2.05, 4.69) is 0 Å². The van der Waals surface area contributed by atoms with E-state index in [1.54, 1.807) is 7.11 Å². The lowest BCUT2D eigenvalue weighted by Crippen LogP contribution is -2.44. The molecule has 0 amide bonds. The number of methoxy groups -OCH3 is 1. The molecule has 2 rings (SSSR count). The molecule has 104 valence electrons. The molecular weight excluding hydrogens is 244 g/mol. The Balaban J connectivity index is 2.55. The molecular formula is C15H20O4. The summed E-state index contributed by atoms with van der Waals surface area (Å²) in [6.07, 6.45) is 0.771. The normalized spacial score (nSPS) is 21.9. The highest BCUT2D eigenvalue weighted by Crippen LogP contribution is 2.45. The fourth-order valence-corrected chi connectivity index (χ4v) is 2.98. The molecule has 1 N–H and O–H groups in total. The van der Waals surface area contributed by atoms with Crippen LogP contribution in [0, 0.1) is 20.8 Å². The van der Waals surface area contributed by atoms with Crippen LogP contribution < -0.4 is 4.74 Å². The van der Waals surface area contributed by atoms with Crippen LogP contribution in [-0.4, -0.2) is 24.8 Å². The molecule has 19 heavy (non-hydrogen) atoms. The second-order valence-electron chi connectivity index (χ2n) is 5.18. The van der Waals surface area contributed by atoms with Gasteiger partial charge < -0.3 is 14.6 Å². The van der Waals surface area contributed by atoms with E-state index in [4.69, 9.17) is 14.6 Å². The number of rotatable bonds is 4. The van der Waals surface area contributed by atoms with Crippen LogP contribution in [-0.2, 0) is 15.1 Å². The maximum Gasteiger partial charge on any atom is 0.306 e. The van der Waals surface area contributed by atoms with E-state index < -0.39 is 11.6 Å². The summed E-state index contributed by atoms with van der Waals surface area (Å²) in [7, 11) is 1.65. The average Bonchev–Trinajstić information content (AvgIpc) is 2.30. The van der Waals surface area contributed by atoms with E-state index in [9.17, 15) is 4.79 Å². The van der Waals surface area contributed by atoms with Gasteiger partial charge in [-0.15, -0.1) is 0 Å². The average molecular weight is 264 g/mol. The van der Waals surface area contributed by atoms with Crippen molar-refractivity contribution in [1.29, 1.82) is 0 Å². The van der Waals surface area contributed by atoms with Crippen LogP contribution in [0.4, 0.5) is 0 Å². The van der Waals surface area contributed by atoms with Crippen LogP contribution in [0.2, 0.25) is 0 Å². The maximum atomic E-state index is 11.1. The van der Waals surface area contributed by atoms with Crippen LogP contribution >= 0.6 is 0 Å². The van der Waals surface area contributed by atoms with Crippen molar-refractivity contribution in [3.05, 3.63) is 28.3 Å². The first-order valence-corrected chi connectivity index (χ1v) is 6.42. The van der Waals surface area contributed by atoms with Crippen molar-refractivity contribution in [3.8, 4) is 5.75 Å². The van der Waals surface area contributed by atoms with E-state index in [1.165, 1.54) is 0 Å². The molecule has 4 heteroatoms. The van der Waals surface area contributed by atoms with Crippen molar-refractivity contribution in [2.45, 2.75) is 39.2 Å². The molecule has 4 nitrogen and oxygen atoms in total. The molecule has 0 radical (unpaired) electrons. The zero-order chi connectivity index (χ0) is 14.2. The van der Waals surface area contributed by atoms with Crippen LogP contribution in [0.1, 0.15) is 35.1 Å². The van der Waals surface area contributed by atoms with E-state index >= 15 is 0 Å². The predicted octanol–water partition coefficient (Wildman–Crippen LogP) is 2.71. The SMILES string of the molecule is COc1cc(C)c(C2(CC(=O)O)CCO2)c(C)c1C. The lowest BCUT2D eigenvalue weighted by molar-refractivity contribution is -0.176. The lowest BCUT2D eigenvalue weighted by atomic mass is 9.77. The summed E-state index contributed by atoms with van der Waals surface area (Å²) >= 11 is 0. The smallest absolute Gasteiger partial charge is 0.306 e. The summed E-state index contributed by atoms with van der Waals surface area (Å²) in [5.74, 6) is 0.00974. The fraction of sp³-hybridized carbons (Fsp3) is 0.533. The third-order valence-corrected chi connectivity index (χ3v) is 4.05. The van der Waals surface area contributed by atoms with Crippen molar-refractivity contribution < 1.29 is 19.4 Å². The van der Waals surface area contributed by atoms with Gasteiger partial charge in [0.25, 0.3) is 0 Å². The first-order valence-electron chi connectivity index (χ1n) is 6.42. The number of ether oxygens (including phenoxy) is 2. The number of carboxylic acid groups (broad SMARTS) is 1. The predicted molar refractivity (Wildman–Crippen MR) is 71.7 cm³/mol. The van der Waals surface area contributed by atoms with Crippen LogP contribution in [0.15, 0.2) is 6.07 Å². The third-order valence-electron chi connectivity index (χ3n) is 4.05. The van der Waals surface area contributed by atoms with E-state index in [0.717, 1.165) is 34.4 Å². The largest absolute Gasteiger partial charge is 0.496 e. The molecule has 1 aromatic rings. The van der Waals surface area contributed by atoms with Gasteiger partial charge in [0.05, 0.1) is 20.1 Å². The summed E-state index contributed by atoms with van der Waals surface area (Å²) < 4.78 is 11.0. The highest BCUT2D eigenvalue weighted by Gasteiger charge is 2.44. The van der Waals surface area contributed by atoms with Crippen molar-refractivity contribution in [3.63, 3.8) is 0 Å². The Kier molecular flexibility index (Phi) is 3.54. The van der Waals surface area contributed by atoms with Crippen molar-refractivity contribution in [2.24, 2.45) is 0 Å². The molecule has 1 atom stereocenters. The van der Waals surface area contributed by atoms with Gasteiger partial charge in [0.15, 0.2) is 0 Å². The minimum absolute atomic E-state index is 0.0143. The Bertz CT molecular complexity index is 515. The van der Waals surface area contributed by atoms with Gasteiger partial charge in [-0.25, -0.2) is 0 Å². The van der Waals surface area contributed by atoms with Gasteiger partial charge in [0, 0.05) is 6.42 Å². The highest BCUT2D eigenvalue weighted by atomic mass is 16.5. The minimum atomic E-state index is -0.827. The Labute approximate surface area is 113 Å².